The van der Waals surface area contributed by atoms with Crippen molar-refractivity contribution in [1.29, 1.82) is 0 Å². The molecule has 5 aliphatic carbocycles. The molecule has 2 aromatic heterocycles. The van der Waals surface area contributed by atoms with Gasteiger partial charge in [-0.3, -0.25) is 4.79 Å². The van der Waals surface area contributed by atoms with Crippen LogP contribution in [0.1, 0.15) is 121 Å². The number of carbonyl (C=O) groups excluding carboxylic acids is 1. The molecular formula is C34H42F2N4O3. The fourth-order valence-corrected chi connectivity index (χ4v) is 7.52. The van der Waals surface area contributed by atoms with Gasteiger partial charge in [0.2, 0.25) is 17.7 Å². The fourth-order valence-electron chi connectivity index (χ4n) is 7.52. The van der Waals surface area contributed by atoms with Crippen LogP contribution in [0.4, 0.5) is 14.5 Å². The van der Waals surface area contributed by atoms with E-state index < -0.39 is 11.8 Å². The zero-order chi connectivity index (χ0) is 30.0. The number of carbonyl (C=O) groups is 1. The Bertz CT molecular complexity index is 1470. The van der Waals surface area contributed by atoms with Crippen molar-refractivity contribution in [2.75, 3.05) is 11.4 Å². The third kappa shape index (κ3) is 5.53. The van der Waals surface area contributed by atoms with Gasteiger partial charge in [-0.1, -0.05) is 43.2 Å². The summed E-state index contributed by atoms with van der Waals surface area (Å²) in [6, 6.07) is 9.95. The topological polar surface area (TPSA) is 85.3 Å². The molecule has 8 rings (SSSR count). The van der Waals surface area contributed by atoms with Crippen molar-refractivity contribution in [3.05, 3.63) is 47.8 Å². The molecule has 5 fully saturated rings. The van der Waals surface area contributed by atoms with Crippen LogP contribution >= 0.6 is 0 Å². The highest BCUT2D eigenvalue weighted by Crippen LogP contribution is 2.58. The van der Waals surface area contributed by atoms with Crippen molar-refractivity contribution in [3.63, 3.8) is 0 Å². The van der Waals surface area contributed by atoms with Crippen molar-refractivity contribution >= 4 is 11.6 Å². The third-order valence-corrected chi connectivity index (χ3v) is 10.7. The van der Waals surface area contributed by atoms with Crippen molar-refractivity contribution in [2.24, 2.45) is 11.3 Å². The lowest BCUT2D eigenvalue weighted by Crippen LogP contribution is -2.52. The monoisotopic (exact) mass is 592 g/mol. The molecule has 0 N–H and O–H groups in total. The second-order valence-electron chi connectivity index (χ2n) is 14.9. The lowest BCUT2D eigenvalue weighted by molar-refractivity contribution is -0.127. The van der Waals surface area contributed by atoms with E-state index in [1.807, 2.05) is 35.2 Å². The maximum Gasteiger partial charge on any atom is 0.248 e. The highest BCUT2D eigenvalue weighted by molar-refractivity contribution is 5.95. The summed E-state index contributed by atoms with van der Waals surface area (Å²) in [4.78, 5) is 21.0. The first-order chi connectivity index (χ1) is 20.4. The molecule has 230 valence electrons. The number of fused-ring (bicyclic) bond motifs is 3. The Morgan fingerprint density at radius 3 is 2.26 bits per heavy atom. The summed E-state index contributed by atoms with van der Waals surface area (Å²) in [6.45, 7) is 6.86. The first-order valence-electron chi connectivity index (χ1n) is 16.1. The molecule has 3 aromatic rings. The molecule has 1 amide bonds. The number of hydrogen-bond donors (Lipinski definition) is 0. The van der Waals surface area contributed by atoms with Crippen molar-refractivity contribution in [1.82, 2.24) is 15.3 Å². The fraction of sp³-hybridized carbons (Fsp3) is 0.647. The zero-order valence-electron chi connectivity index (χ0n) is 25.5. The van der Waals surface area contributed by atoms with E-state index >= 15 is 0 Å². The van der Waals surface area contributed by atoms with E-state index in [4.69, 9.17) is 14.0 Å². The van der Waals surface area contributed by atoms with E-state index in [0.717, 1.165) is 85.8 Å². The Morgan fingerprint density at radius 2 is 1.63 bits per heavy atom. The van der Waals surface area contributed by atoms with Crippen LogP contribution in [-0.2, 0) is 15.6 Å². The van der Waals surface area contributed by atoms with Crippen LogP contribution < -0.4 is 4.90 Å². The van der Waals surface area contributed by atoms with E-state index in [1.165, 1.54) is 0 Å². The SMILES string of the molecule is CC(C)(C)c1noc(C23CCC(CN(C(=O)C4CCC(F)(F)CC4)c4cccc(-c5cc(C6CC6)on5)c4)(CC2)CC3)n1. The van der Waals surface area contributed by atoms with Crippen molar-refractivity contribution < 1.29 is 22.6 Å². The minimum Gasteiger partial charge on any atom is -0.360 e. The first kappa shape index (κ1) is 28.7. The Hall–Kier alpha value is -3.10. The zero-order valence-corrected chi connectivity index (χ0v) is 25.5. The molecule has 2 heterocycles. The number of alkyl halides is 2. The third-order valence-electron chi connectivity index (χ3n) is 10.7. The van der Waals surface area contributed by atoms with Crippen molar-refractivity contribution in [3.8, 4) is 11.3 Å². The van der Waals surface area contributed by atoms with Gasteiger partial charge < -0.3 is 13.9 Å². The number of amides is 1. The van der Waals surface area contributed by atoms with Crippen LogP contribution in [0.2, 0.25) is 0 Å². The van der Waals surface area contributed by atoms with E-state index in [0.29, 0.717) is 12.5 Å². The highest BCUT2D eigenvalue weighted by Gasteiger charge is 2.53. The van der Waals surface area contributed by atoms with E-state index in [2.05, 4.69) is 31.1 Å². The van der Waals surface area contributed by atoms with Gasteiger partial charge in [0, 0.05) is 59.4 Å². The van der Waals surface area contributed by atoms with Gasteiger partial charge in [-0.2, -0.15) is 4.98 Å². The standard InChI is InChI=1S/C34H42F2N4O3/c1-31(2,3)29-37-30(43-39-29)33-16-13-32(14-17-33,15-18-33)21-40(28(41)23-9-11-34(35,36)12-10-23)25-6-4-5-24(19-25)26-20-27(42-38-26)22-7-8-22/h4-6,19-20,22-23H,7-18,21H2,1-3H3. The van der Waals surface area contributed by atoms with E-state index in [9.17, 15) is 13.6 Å². The molecule has 5 aliphatic rings. The van der Waals surface area contributed by atoms with Gasteiger partial charge in [0.1, 0.15) is 11.5 Å². The second-order valence-corrected chi connectivity index (χ2v) is 14.9. The second kappa shape index (κ2) is 10.2. The number of anilines is 1. The maximum atomic E-state index is 14.2. The summed E-state index contributed by atoms with van der Waals surface area (Å²) in [5.41, 5.74) is 2.16. The summed E-state index contributed by atoms with van der Waals surface area (Å²) < 4.78 is 39.5. The summed E-state index contributed by atoms with van der Waals surface area (Å²) in [7, 11) is 0. The average Bonchev–Trinajstić information content (AvgIpc) is 3.48. The number of hydrogen-bond acceptors (Lipinski definition) is 6. The Kier molecular flexibility index (Phi) is 6.82. The molecule has 0 atom stereocenters. The molecule has 43 heavy (non-hydrogen) atoms. The molecule has 0 aliphatic heterocycles. The Balaban J connectivity index is 1.14. The van der Waals surface area contributed by atoms with E-state index in [-0.39, 0.29) is 47.8 Å². The smallest absolute Gasteiger partial charge is 0.248 e. The quantitative estimate of drug-likeness (QED) is 0.274. The van der Waals surface area contributed by atoms with Crippen LogP contribution in [0.15, 0.2) is 39.4 Å². The lowest BCUT2D eigenvalue weighted by Gasteiger charge is -2.53. The molecule has 5 saturated carbocycles. The minimum atomic E-state index is -2.68. The number of nitrogens with zero attached hydrogens (tertiary/aromatic N) is 4. The maximum absolute atomic E-state index is 14.2. The van der Waals surface area contributed by atoms with Gasteiger partial charge in [-0.05, 0) is 81.8 Å². The number of halogens is 2. The Labute approximate surface area is 251 Å². The predicted molar refractivity (Wildman–Crippen MR) is 158 cm³/mol. The molecule has 7 nitrogen and oxygen atoms in total. The largest absolute Gasteiger partial charge is 0.360 e. The first-order valence-corrected chi connectivity index (χ1v) is 16.1. The normalized spacial score (nSPS) is 27.4. The van der Waals surface area contributed by atoms with Gasteiger partial charge in [-0.15, -0.1) is 0 Å². The van der Waals surface area contributed by atoms with Gasteiger partial charge in [0.15, 0.2) is 5.82 Å². The molecule has 0 spiro atoms. The number of aromatic nitrogens is 3. The van der Waals surface area contributed by atoms with Gasteiger partial charge >= 0.3 is 0 Å². The van der Waals surface area contributed by atoms with Gasteiger partial charge in [0.25, 0.3) is 0 Å². The molecular weight excluding hydrogens is 550 g/mol. The van der Waals surface area contributed by atoms with E-state index in [1.54, 1.807) is 0 Å². The predicted octanol–water partition coefficient (Wildman–Crippen LogP) is 8.35. The molecule has 9 heteroatoms. The lowest BCUT2D eigenvalue weighted by atomic mass is 9.53. The highest BCUT2D eigenvalue weighted by atomic mass is 19.3. The van der Waals surface area contributed by atoms with Crippen LogP contribution in [-0.4, -0.2) is 33.7 Å². The number of rotatable bonds is 7. The van der Waals surface area contributed by atoms with Gasteiger partial charge in [-0.25, -0.2) is 8.78 Å². The Morgan fingerprint density at radius 1 is 0.930 bits per heavy atom. The minimum absolute atomic E-state index is 0.0324. The van der Waals surface area contributed by atoms with Crippen LogP contribution in [0.25, 0.3) is 11.3 Å². The molecule has 2 bridgehead atoms. The molecule has 1 aromatic carbocycles. The number of benzene rings is 1. The van der Waals surface area contributed by atoms with Crippen LogP contribution in [0.3, 0.4) is 0 Å². The van der Waals surface area contributed by atoms with Crippen LogP contribution in [0.5, 0.6) is 0 Å². The molecule has 0 saturated heterocycles. The molecule has 0 unspecified atom stereocenters. The van der Waals surface area contributed by atoms with Crippen LogP contribution in [0, 0.1) is 11.3 Å². The average molecular weight is 593 g/mol. The summed E-state index contributed by atoms with van der Waals surface area (Å²) in [5.74, 6) is -0.229. The van der Waals surface area contributed by atoms with Gasteiger partial charge in [0.05, 0.1) is 0 Å². The summed E-state index contributed by atoms with van der Waals surface area (Å²) >= 11 is 0. The molecule has 0 radical (unpaired) electrons. The summed E-state index contributed by atoms with van der Waals surface area (Å²) in [6.07, 6.45) is 7.96. The van der Waals surface area contributed by atoms with Crippen molar-refractivity contribution in [2.45, 2.75) is 120 Å². The summed E-state index contributed by atoms with van der Waals surface area (Å²) in [5, 5.41) is 8.63.